The molecule has 0 heterocycles. The number of nitrogens with zero attached hydrogens (tertiary/aromatic N) is 1. The number of hydrogen-bond donors (Lipinski definition) is 2. The first kappa shape index (κ1) is 11.9. The second-order valence-electron chi connectivity index (χ2n) is 2.66. The quantitative estimate of drug-likeness (QED) is 0.591. The molecule has 0 aliphatic rings. The number of carboxylic acid groups (broad SMARTS) is 1. The molecule has 5 heteroatoms. The van der Waals surface area contributed by atoms with Crippen molar-refractivity contribution in [1.82, 2.24) is 10.2 Å². The molecule has 2 N–H and O–H groups in total. The minimum Gasteiger partial charge on any atom is -0.480 e. The van der Waals surface area contributed by atoms with Crippen molar-refractivity contribution in [3.8, 4) is 0 Å². The van der Waals surface area contributed by atoms with E-state index in [0.29, 0.717) is 19.5 Å². The molecular formula is C8H16N2O3. The Kier molecular flexibility index (Phi) is 5.88. The van der Waals surface area contributed by atoms with Crippen LogP contribution in [0.15, 0.2) is 0 Å². The zero-order valence-electron chi connectivity index (χ0n) is 8.04. The predicted octanol–water partition coefficient (Wildman–Crippen LogP) is -0.471. The maximum Gasteiger partial charge on any atom is 0.323 e. The molecule has 0 rings (SSSR count). The molecule has 0 aromatic rings. The second-order valence-corrected chi connectivity index (χ2v) is 2.66. The van der Waals surface area contributed by atoms with E-state index in [1.54, 1.807) is 14.0 Å². The minimum absolute atomic E-state index is 0.126. The number of carboxylic acids is 1. The number of nitrogens with one attached hydrogen (secondary N) is 1. The summed E-state index contributed by atoms with van der Waals surface area (Å²) in [6.07, 6.45) is 0.345. The van der Waals surface area contributed by atoms with E-state index in [9.17, 15) is 9.59 Å². The maximum atomic E-state index is 11.3. The van der Waals surface area contributed by atoms with Crippen LogP contribution < -0.4 is 5.32 Å². The third kappa shape index (κ3) is 5.19. The van der Waals surface area contributed by atoms with Crippen molar-refractivity contribution < 1.29 is 14.7 Å². The fourth-order valence-corrected chi connectivity index (χ4v) is 0.930. The second kappa shape index (κ2) is 6.42. The lowest BCUT2D eigenvalue weighted by Crippen LogP contribution is -2.36. The van der Waals surface area contributed by atoms with Gasteiger partial charge in [0.1, 0.15) is 6.54 Å². The summed E-state index contributed by atoms with van der Waals surface area (Å²) in [5, 5.41) is 11.3. The fourth-order valence-electron chi connectivity index (χ4n) is 0.930. The van der Waals surface area contributed by atoms with Crippen molar-refractivity contribution in [2.45, 2.75) is 13.3 Å². The SMILES string of the molecule is CCN(CC(=O)O)C(=O)CCNC. The molecule has 0 fully saturated rings. The summed E-state index contributed by atoms with van der Waals surface area (Å²) in [7, 11) is 1.75. The van der Waals surface area contributed by atoms with E-state index in [2.05, 4.69) is 5.32 Å². The molecule has 5 nitrogen and oxygen atoms in total. The lowest BCUT2D eigenvalue weighted by Gasteiger charge is -2.18. The molecule has 0 aromatic carbocycles. The summed E-state index contributed by atoms with van der Waals surface area (Å²) in [5.41, 5.74) is 0. The fraction of sp³-hybridized carbons (Fsp3) is 0.750. The molecule has 0 saturated carbocycles. The summed E-state index contributed by atoms with van der Waals surface area (Å²) in [4.78, 5) is 22.9. The van der Waals surface area contributed by atoms with Crippen molar-refractivity contribution in [1.29, 1.82) is 0 Å². The summed E-state index contributed by atoms with van der Waals surface area (Å²) in [5.74, 6) is -1.10. The van der Waals surface area contributed by atoms with Gasteiger partial charge < -0.3 is 15.3 Å². The standard InChI is InChI=1S/C8H16N2O3/c1-3-10(6-8(12)13)7(11)4-5-9-2/h9H,3-6H2,1-2H3,(H,12,13). The summed E-state index contributed by atoms with van der Waals surface area (Å²) in [6, 6.07) is 0. The van der Waals surface area contributed by atoms with Gasteiger partial charge in [-0.15, -0.1) is 0 Å². The van der Waals surface area contributed by atoms with Crippen LogP contribution in [0.2, 0.25) is 0 Å². The Morgan fingerprint density at radius 3 is 2.46 bits per heavy atom. The van der Waals surface area contributed by atoms with E-state index < -0.39 is 5.97 Å². The average molecular weight is 188 g/mol. The van der Waals surface area contributed by atoms with Gasteiger partial charge in [0.15, 0.2) is 0 Å². The Morgan fingerprint density at radius 1 is 1.46 bits per heavy atom. The van der Waals surface area contributed by atoms with E-state index in [4.69, 9.17) is 5.11 Å². The molecule has 0 bridgehead atoms. The van der Waals surface area contributed by atoms with Crippen LogP contribution in [0.3, 0.4) is 0 Å². The zero-order chi connectivity index (χ0) is 10.3. The van der Waals surface area contributed by atoms with Crippen LogP contribution >= 0.6 is 0 Å². The van der Waals surface area contributed by atoms with Crippen LogP contribution in [0.25, 0.3) is 0 Å². The highest BCUT2D eigenvalue weighted by Crippen LogP contribution is 1.92. The molecule has 0 aliphatic carbocycles. The van der Waals surface area contributed by atoms with Crippen molar-refractivity contribution in [2.75, 3.05) is 26.7 Å². The highest BCUT2D eigenvalue weighted by Gasteiger charge is 2.13. The third-order valence-corrected chi connectivity index (χ3v) is 1.65. The number of amides is 1. The summed E-state index contributed by atoms with van der Waals surface area (Å²) in [6.45, 7) is 2.57. The number of hydrogen-bond acceptors (Lipinski definition) is 3. The third-order valence-electron chi connectivity index (χ3n) is 1.65. The Morgan fingerprint density at radius 2 is 2.08 bits per heavy atom. The monoisotopic (exact) mass is 188 g/mol. The Bertz CT molecular complexity index is 182. The van der Waals surface area contributed by atoms with Gasteiger partial charge in [-0.2, -0.15) is 0 Å². The van der Waals surface area contributed by atoms with Crippen LogP contribution in [0, 0.1) is 0 Å². The van der Waals surface area contributed by atoms with Crippen molar-refractivity contribution in [3.63, 3.8) is 0 Å². The van der Waals surface area contributed by atoms with E-state index in [0.717, 1.165) is 0 Å². The number of aliphatic carboxylic acids is 1. The molecule has 0 radical (unpaired) electrons. The highest BCUT2D eigenvalue weighted by atomic mass is 16.4. The lowest BCUT2D eigenvalue weighted by molar-refractivity contribution is -0.144. The van der Waals surface area contributed by atoms with Crippen LogP contribution in [0.5, 0.6) is 0 Å². The first-order valence-electron chi connectivity index (χ1n) is 4.26. The van der Waals surface area contributed by atoms with Gasteiger partial charge in [-0.1, -0.05) is 0 Å². The van der Waals surface area contributed by atoms with Crippen molar-refractivity contribution in [2.24, 2.45) is 0 Å². The number of carbonyl (C=O) groups is 2. The molecular weight excluding hydrogens is 172 g/mol. The summed E-state index contributed by atoms with van der Waals surface area (Å²) < 4.78 is 0. The average Bonchev–Trinajstić information content (AvgIpc) is 2.09. The van der Waals surface area contributed by atoms with Gasteiger partial charge >= 0.3 is 5.97 Å². The first-order chi connectivity index (χ1) is 6.11. The minimum atomic E-state index is -0.973. The van der Waals surface area contributed by atoms with Gasteiger partial charge in [0.05, 0.1) is 0 Å². The zero-order valence-corrected chi connectivity index (χ0v) is 8.04. The predicted molar refractivity (Wildman–Crippen MR) is 48.4 cm³/mol. The molecule has 0 saturated heterocycles. The van der Waals surface area contributed by atoms with Gasteiger partial charge in [0, 0.05) is 19.5 Å². The lowest BCUT2D eigenvalue weighted by atomic mass is 10.3. The van der Waals surface area contributed by atoms with Gasteiger partial charge in [0.2, 0.25) is 5.91 Å². The maximum absolute atomic E-state index is 11.3. The number of carbonyl (C=O) groups excluding carboxylic acids is 1. The smallest absolute Gasteiger partial charge is 0.323 e. The van der Waals surface area contributed by atoms with E-state index in [1.807, 2.05) is 0 Å². The molecule has 0 unspecified atom stereocenters. The molecule has 0 aliphatic heterocycles. The van der Waals surface area contributed by atoms with Gasteiger partial charge in [0.25, 0.3) is 0 Å². The molecule has 0 aromatic heterocycles. The number of likely N-dealkylation sites (N-methyl/N-ethyl adjacent to an activating group) is 1. The van der Waals surface area contributed by atoms with Crippen molar-refractivity contribution in [3.05, 3.63) is 0 Å². The molecule has 1 amide bonds. The Balaban J connectivity index is 3.92. The van der Waals surface area contributed by atoms with Gasteiger partial charge in [-0.05, 0) is 14.0 Å². The molecule has 0 atom stereocenters. The van der Waals surface area contributed by atoms with Crippen molar-refractivity contribution >= 4 is 11.9 Å². The highest BCUT2D eigenvalue weighted by molar-refractivity contribution is 5.81. The van der Waals surface area contributed by atoms with E-state index in [-0.39, 0.29) is 12.5 Å². The first-order valence-corrected chi connectivity index (χ1v) is 4.26. The van der Waals surface area contributed by atoms with Crippen LogP contribution in [0.4, 0.5) is 0 Å². The number of rotatable bonds is 6. The molecule has 13 heavy (non-hydrogen) atoms. The van der Waals surface area contributed by atoms with Gasteiger partial charge in [-0.25, -0.2) is 0 Å². The van der Waals surface area contributed by atoms with E-state index in [1.165, 1.54) is 4.90 Å². The largest absolute Gasteiger partial charge is 0.480 e. The summed E-state index contributed by atoms with van der Waals surface area (Å²) >= 11 is 0. The van der Waals surface area contributed by atoms with Gasteiger partial charge in [-0.3, -0.25) is 9.59 Å². The topological polar surface area (TPSA) is 69.6 Å². The van der Waals surface area contributed by atoms with E-state index >= 15 is 0 Å². The normalized spacial score (nSPS) is 9.69. The Hall–Kier alpha value is -1.10. The van der Waals surface area contributed by atoms with Crippen LogP contribution in [-0.4, -0.2) is 48.6 Å². The van der Waals surface area contributed by atoms with Crippen LogP contribution in [-0.2, 0) is 9.59 Å². The Labute approximate surface area is 77.7 Å². The molecule has 76 valence electrons. The molecule has 0 spiro atoms. The van der Waals surface area contributed by atoms with Crippen LogP contribution in [0.1, 0.15) is 13.3 Å².